The summed E-state index contributed by atoms with van der Waals surface area (Å²) in [5.41, 5.74) is 5.69. The highest BCUT2D eigenvalue weighted by molar-refractivity contribution is 9.10. The van der Waals surface area contributed by atoms with Crippen molar-refractivity contribution < 1.29 is 12.8 Å². The highest BCUT2D eigenvalue weighted by Gasteiger charge is 2.21. The van der Waals surface area contributed by atoms with Crippen LogP contribution in [0, 0.1) is 5.82 Å². The second-order valence-electron chi connectivity index (χ2n) is 4.03. The molecule has 0 unspecified atom stereocenters. The average Bonchev–Trinajstić information content (AvgIpc) is 2.36. The Morgan fingerprint density at radius 1 is 1.19 bits per heavy atom. The van der Waals surface area contributed by atoms with Crippen LogP contribution in [0.15, 0.2) is 39.7 Å². The number of hydrogen-bond acceptors (Lipinski definition) is 3. The van der Waals surface area contributed by atoms with Gasteiger partial charge in [0.05, 0.1) is 16.4 Å². The summed E-state index contributed by atoms with van der Waals surface area (Å²) in [7, 11) is -4.02. The number of benzene rings is 2. The van der Waals surface area contributed by atoms with E-state index in [1.165, 1.54) is 18.2 Å². The zero-order valence-electron chi connectivity index (χ0n) is 10.2. The molecule has 2 rings (SSSR count). The first-order valence-corrected chi connectivity index (χ1v) is 8.46. The molecular formula is C12H8BrCl2FN2O2S. The average molecular weight is 414 g/mol. The predicted octanol–water partition coefficient (Wildman–Crippen LogP) is 4.28. The molecule has 3 N–H and O–H groups in total. The number of hydrogen-bond donors (Lipinski definition) is 2. The second-order valence-corrected chi connectivity index (χ2v) is 7.38. The van der Waals surface area contributed by atoms with Crippen molar-refractivity contribution in [1.29, 1.82) is 0 Å². The highest BCUT2D eigenvalue weighted by Crippen LogP contribution is 2.34. The minimum Gasteiger partial charge on any atom is -0.398 e. The van der Waals surface area contributed by atoms with Gasteiger partial charge in [-0.05, 0) is 46.3 Å². The fourth-order valence-electron chi connectivity index (χ4n) is 1.57. The lowest BCUT2D eigenvalue weighted by Gasteiger charge is -2.13. The van der Waals surface area contributed by atoms with Gasteiger partial charge in [0.1, 0.15) is 10.7 Å². The van der Waals surface area contributed by atoms with Crippen LogP contribution in [0.3, 0.4) is 0 Å². The van der Waals surface area contributed by atoms with E-state index in [0.29, 0.717) is 0 Å². The van der Waals surface area contributed by atoms with Crippen molar-refractivity contribution in [2.75, 3.05) is 10.5 Å². The molecule has 0 atom stereocenters. The molecule has 0 amide bonds. The van der Waals surface area contributed by atoms with Gasteiger partial charge >= 0.3 is 0 Å². The van der Waals surface area contributed by atoms with Crippen molar-refractivity contribution in [1.82, 2.24) is 0 Å². The molecular weight excluding hydrogens is 406 g/mol. The fourth-order valence-corrected chi connectivity index (χ4v) is 4.15. The smallest absolute Gasteiger partial charge is 0.264 e. The highest BCUT2D eigenvalue weighted by atomic mass is 79.9. The van der Waals surface area contributed by atoms with Crippen LogP contribution < -0.4 is 10.5 Å². The number of halogens is 4. The van der Waals surface area contributed by atoms with E-state index in [1.807, 2.05) is 0 Å². The van der Waals surface area contributed by atoms with Gasteiger partial charge < -0.3 is 5.73 Å². The Labute approximate surface area is 139 Å². The van der Waals surface area contributed by atoms with E-state index in [1.54, 1.807) is 0 Å². The van der Waals surface area contributed by atoms with E-state index >= 15 is 0 Å². The molecule has 0 aliphatic heterocycles. The Morgan fingerprint density at radius 2 is 1.86 bits per heavy atom. The number of nitrogen functional groups attached to an aromatic ring is 1. The molecule has 0 heterocycles. The Hall–Kier alpha value is -1.02. The lowest BCUT2D eigenvalue weighted by Crippen LogP contribution is -2.15. The van der Waals surface area contributed by atoms with Crippen molar-refractivity contribution in [3.05, 3.63) is 50.7 Å². The van der Waals surface area contributed by atoms with Gasteiger partial charge in [0.2, 0.25) is 0 Å². The van der Waals surface area contributed by atoms with Gasteiger partial charge in [-0.2, -0.15) is 0 Å². The lowest BCUT2D eigenvalue weighted by molar-refractivity contribution is 0.601. The van der Waals surface area contributed by atoms with Crippen LogP contribution >= 0.6 is 39.1 Å². The van der Waals surface area contributed by atoms with Crippen LogP contribution in [0.25, 0.3) is 0 Å². The first kappa shape index (κ1) is 16.4. The molecule has 0 fully saturated rings. The SMILES string of the molecule is Nc1ccc(Cl)cc1S(=O)(=O)Nc1c(Cl)cc(F)cc1Br. The molecule has 4 nitrogen and oxygen atoms in total. The summed E-state index contributed by atoms with van der Waals surface area (Å²) in [4.78, 5) is -0.192. The molecule has 9 heteroatoms. The normalized spacial score (nSPS) is 11.4. The minimum absolute atomic E-state index is 0.0115. The maximum Gasteiger partial charge on any atom is 0.264 e. The molecule has 2 aromatic rings. The molecule has 0 bridgehead atoms. The Balaban J connectivity index is 2.50. The fraction of sp³-hybridized carbons (Fsp3) is 0. The van der Waals surface area contributed by atoms with E-state index in [4.69, 9.17) is 28.9 Å². The standard InChI is InChI=1S/C12H8BrCl2FN2O2S/c13-8-4-7(16)5-9(15)12(8)18-21(19,20)11-3-6(14)1-2-10(11)17/h1-5,18H,17H2. The molecule has 0 aliphatic rings. The van der Waals surface area contributed by atoms with Crippen LogP contribution in [0.4, 0.5) is 15.8 Å². The van der Waals surface area contributed by atoms with Crippen molar-refractivity contribution >= 4 is 60.5 Å². The van der Waals surface area contributed by atoms with Crippen molar-refractivity contribution in [3.63, 3.8) is 0 Å². The summed E-state index contributed by atoms with van der Waals surface area (Å²) in [6.45, 7) is 0. The van der Waals surface area contributed by atoms with Crippen molar-refractivity contribution in [3.8, 4) is 0 Å². The number of rotatable bonds is 3. The third-order valence-corrected chi connectivity index (χ3v) is 5.07. The molecule has 112 valence electrons. The summed E-state index contributed by atoms with van der Waals surface area (Å²) in [6, 6.07) is 6.13. The third kappa shape index (κ3) is 3.60. The van der Waals surface area contributed by atoms with Gasteiger partial charge in [0.15, 0.2) is 0 Å². The van der Waals surface area contributed by atoms with E-state index in [2.05, 4.69) is 20.7 Å². The number of sulfonamides is 1. The Morgan fingerprint density at radius 3 is 2.48 bits per heavy atom. The molecule has 21 heavy (non-hydrogen) atoms. The lowest BCUT2D eigenvalue weighted by atomic mass is 10.3. The largest absolute Gasteiger partial charge is 0.398 e. The second kappa shape index (κ2) is 6.00. The molecule has 0 saturated carbocycles. The van der Waals surface area contributed by atoms with Gasteiger partial charge in [-0.15, -0.1) is 0 Å². The van der Waals surface area contributed by atoms with E-state index < -0.39 is 15.8 Å². The molecule has 2 aromatic carbocycles. The van der Waals surface area contributed by atoms with Crippen LogP contribution in [0.1, 0.15) is 0 Å². The minimum atomic E-state index is -4.02. The van der Waals surface area contributed by atoms with Crippen LogP contribution in [0.2, 0.25) is 10.0 Å². The topological polar surface area (TPSA) is 72.2 Å². The van der Waals surface area contributed by atoms with Gasteiger partial charge in [-0.1, -0.05) is 23.2 Å². The predicted molar refractivity (Wildman–Crippen MR) is 85.8 cm³/mol. The molecule has 0 aliphatic carbocycles. The summed E-state index contributed by atoms with van der Waals surface area (Å²) in [5.74, 6) is -0.600. The van der Waals surface area contributed by atoms with E-state index in [-0.39, 0.29) is 30.8 Å². The van der Waals surface area contributed by atoms with Crippen molar-refractivity contribution in [2.45, 2.75) is 4.90 Å². The summed E-state index contributed by atoms with van der Waals surface area (Å²) in [5, 5.41) is 0.125. The van der Waals surface area contributed by atoms with Gasteiger partial charge in [-0.25, -0.2) is 12.8 Å². The Kier molecular flexibility index (Phi) is 4.67. The quantitative estimate of drug-likeness (QED) is 0.737. The van der Waals surface area contributed by atoms with Crippen LogP contribution in [-0.2, 0) is 10.0 Å². The first-order chi connectivity index (χ1) is 9.70. The number of nitrogens with one attached hydrogen (secondary N) is 1. The maximum absolute atomic E-state index is 13.2. The molecule has 0 radical (unpaired) electrons. The summed E-state index contributed by atoms with van der Waals surface area (Å²) in [6.07, 6.45) is 0. The van der Waals surface area contributed by atoms with E-state index in [9.17, 15) is 12.8 Å². The van der Waals surface area contributed by atoms with Crippen LogP contribution in [0.5, 0.6) is 0 Å². The van der Waals surface area contributed by atoms with Gasteiger partial charge in [0, 0.05) is 9.50 Å². The van der Waals surface area contributed by atoms with Gasteiger partial charge in [0.25, 0.3) is 10.0 Å². The Bertz CT molecular complexity index is 792. The summed E-state index contributed by atoms with van der Waals surface area (Å²) < 4.78 is 40.3. The zero-order chi connectivity index (χ0) is 15.8. The van der Waals surface area contributed by atoms with Gasteiger partial charge in [-0.3, -0.25) is 4.72 Å². The molecule has 0 aromatic heterocycles. The molecule has 0 spiro atoms. The maximum atomic E-state index is 13.2. The first-order valence-electron chi connectivity index (χ1n) is 5.43. The third-order valence-electron chi connectivity index (χ3n) is 2.51. The van der Waals surface area contributed by atoms with E-state index in [0.717, 1.165) is 12.1 Å². The van der Waals surface area contributed by atoms with Crippen molar-refractivity contribution in [2.24, 2.45) is 0 Å². The number of anilines is 2. The monoisotopic (exact) mass is 412 g/mol. The summed E-state index contributed by atoms with van der Waals surface area (Å²) >= 11 is 14.7. The number of nitrogens with two attached hydrogens (primary N) is 1. The zero-order valence-corrected chi connectivity index (χ0v) is 14.1. The molecule has 0 saturated heterocycles. The van der Waals surface area contributed by atoms with Crippen LogP contribution in [-0.4, -0.2) is 8.42 Å².